The van der Waals surface area contributed by atoms with Crippen LogP contribution in [0, 0.1) is 0 Å². The Morgan fingerprint density at radius 1 is 1.36 bits per heavy atom. The lowest BCUT2D eigenvalue weighted by Crippen LogP contribution is -2.45. The first kappa shape index (κ1) is 14.4. The number of amides is 1. The zero-order chi connectivity index (χ0) is 15.5. The fourth-order valence-electron chi connectivity index (χ4n) is 2.69. The monoisotopic (exact) mass is 297 g/mol. The van der Waals surface area contributed by atoms with Gasteiger partial charge in [0.15, 0.2) is 0 Å². The molecule has 3 rings (SSSR count). The van der Waals surface area contributed by atoms with Gasteiger partial charge in [0.2, 0.25) is 0 Å². The SMILES string of the molecule is CNc1cc(C(=O)N2CC[C@H]2c2cccc(OC)c2)ccn1. The van der Waals surface area contributed by atoms with Crippen molar-refractivity contribution in [2.45, 2.75) is 12.5 Å². The molecule has 0 saturated carbocycles. The maximum Gasteiger partial charge on any atom is 0.254 e. The molecule has 1 amide bonds. The molecule has 1 aliphatic heterocycles. The zero-order valence-electron chi connectivity index (χ0n) is 12.7. The molecule has 2 aromatic rings. The van der Waals surface area contributed by atoms with Crippen LogP contribution in [0.15, 0.2) is 42.6 Å². The number of pyridine rings is 1. The fraction of sp³-hybridized carbons (Fsp3) is 0.294. The van der Waals surface area contributed by atoms with Gasteiger partial charge >= 0.3 is 0 Å². The molecule has 1 atom stereocenters. The molecular weight excluding hydrogens is 278 g/mol. The van der Waals surface area contributed by atoms with E-state index < -0.39 is 0 Å². The van der Waals surface area contributed by atoms with Crippen LogP contribution < -0.4 is 10.1 Å². The molecule has 0 spiro atoms. The Hall–Kier alpha value is -2.56. The van der Waals surface area contributed by atoms with Crippen molar-refractivity contribution >= 4 is 11.7 Å². The van der Waals surface area contributed by atoms with E-state index >= 15 is 0 Å². The number of hydrogen-bond donors (Lipinski definition) is 1. The van der Waals surface area contributed by atoms with Crippen molar-refractivity contribution in [1.29, 1.82) is 0 Å². The molecule has 1 aliphatic rings. The van der Waals surface area contributed by atoms with Crippen molar-refractivity contribution in [3.63, 3.8) is 0 Å². The number of methoxy groups -OCH3 is 1. The highest BCUT2D eigenvalue weighted by atomic mass is 16.5. The molecule has 1 N–H and O–H groups in total. The number of benzene rings is 1. The molecule has 2 heterocycles. The van der Waals surface area contributed by atoms with Gasteiger partial charge in [-0.15, -0.1) is 0 Å². The van der Waals surface area contributed by atoms with E-state index in [0.29, 0.717) is 11.4 Å². The van der Waals surface area contributed by atoms with E-state index in [-0.39, 0.29) is 11.9 Å². The fourth-order valence-corrected chi connectivity index (χ4v) is 2.69. The summed E-state index contributed by atoms with van der Waals surface area (Å²) >= 11 is 0. The van der Waals surface area contributed by atoms with Gasteiger partial charge in [-0.1, -0.05) is 12.1 Å². The molecule has 0 unspecified atom stereocenters. The molecule has 114 valence electrons. The average Bonchev–Trinajstić information content (AvgIpc) is 2.54. The maximum absolute atomic E-state index is 12.7. The first-order chi connectivity index (χ1) is 10.7. The van der Waals surface area contributed by atoms with E-state index in [4.69, 9.17) is 4.74 Å². The highest BCUT2D eigenvalue weighted by molar-refractivity contribution is 5.95. The molecule has 5 heteroatoms. The summed E-state index contributed by atoms with van der Waals surface area (Å²) in [6, 6.07) is 11.6. The van der Waals surface area contributed by atoms with Crippen LogP contribution in [0.1, 0.15) is 28.4 Å². The molecule has 1 aromatic carbocycles. The minimum Gasteiger partial charge on any atom is -0.497 e. The van der Waals surface area contributed by atoms with Crippen molar-refractivity contribution < 1.29 is 9.53 Å². The molecule has 5 nitrogen and oxygen atoms in total. The van der Waals surface area contributed by atoms with Crippen LogP contribution in [0.25, 0.3) is 0 Å². The van der Waals surface area contributed by atoms with Crippen molar-refractivity contribution in [1.82, 2.24) is 9.88 Å². The van der Waals surface area contributed by atoms with Crippen molar-refractivity contribution in [3.05, 3.63) is 53.7 Å². The molecule has 0 radical (unpaired) electrons. The summed E-state index contributed by atoms with van der Waals surface area (Å²) in [6.07, 6.45) is 2.63. The Labute approximate surface area is 129 Å². The molecular formula is C17H19N3O2. The number of aromatic nitrogens is 1. The van der Waals surface area contributed by atoms with Gasteiger partial charge in [0.05, 0.1) is 13.2 Å². The van der Waals surface area contributed by atoms with E-state index in [9.17, 15) is 4.79 Å². The van der Waals surface area contributed by atoms with Crippen LogP contribution in [0.4, 0.5) is 5.82 Å². The normalized spacial score (nSPS) is 16.8. The predicted molar refractivity (Wildman–Crippen MR) is 85.2 cm³/mol. The Balaban J connectivity index is 1.81. The van der Waals surface area contributed by atoms with Crippen LogP contribution in [-0.4, -0.2) is 36.5 Å². The summed E-state index contributed by atoms with van der Waals surface area (Å²) in [5.41, 5.74) is 1.77. The van der Waals surface area contributed by atoms with Crippen molar-refractivity contribution in [2.24, 2.45) is 0 Å². The third-order valence-electron chi connectivity index (χ3n) is 4.02. The van der Waals surface area contributed by atoms with Gasteiger partial charge < -0.3 is 15.0 Å². The second-order valence-electron chi connectivity index (χ2n) is 5.26. The van der Waals surface area contributed by atoms with E-state index in [0.717, 1.165) is 24.3 Å². The van der Waals surface area contributed by atoms with Gasteiger partial charge in [-0.05, 0) is 36.2 Å². The minimum atomic E-state index is 0.0398. The minimum absolute atomic E-state index is 0.0398. The average molecular weight is 297 g/mol. The van der Waals surface area contributed by atoms with Crippen LogP contribution in [0.5, 0.6) is 5.75 Å². The first-order valence-corrected chi connectivity index (χ1v) is 7.31. The van der Waals surface area contributed by atoms with Gasteiger partial charge in [0.25, 0.3) is 5.91 Å². The number of anilines is 1. The lowest BCUT2D eigenvalue weighted by molar-refractivity contribution is 0.0460. The van der Waals surface area contributed by atoms with E-state index in [1.807, 2.05) is 29.2 Å². The summed E-state index contributed by atoms with van der Waals surface area (Å²) in [7, 11) is 3.44. The van der Waals surface area contributed by atoms with Crippen LogP contribution in [-0.2, 0) is 0 Å². The Bertz CT molecular complexity index is 687. The number of rotatable bonds is 4. The number of nitrogens with zero attached hydrogens (tertiary/aromatic N) is 2. The molecule has 22 heavy (non-hydrogen) atoms. The summed E-state index contributed by atoms with van der Waals surface area (Å²) in [5, 5.41) is 2.96. The number of likely N-dealkylation sites (tertiary alicyclic amines) is 1. The largest absolute Gasteiger partial charge is 0.497 e. The summed E-state index contributed by atoms with van der Waals surface area (Å²) in [5.74, 6) is 1.56. The van der Waals surface area contributed by atoms with Crippen LogP contribution in [0.3, 0.4) is 0 Å². The molecule has 0 bridgehead atoms. The number of ether oxygens (including phenoxy) is 1. The summed E-state index contributed by atoms with van der Waals surface area (Å²) < 4.78 is 5.26. The maximum atomic E-state index is 12.7. The smallest absolute Gasteiger partial charge is 0.254 e. The van der Waals surface area contributed by atoms with Crippen molar-refractivity contribution in [2.75, 3.05) is 26.0 Å². The number of carbonyl (C=O) groups is 1. The number of nitrogens with one attached hydrogen (secondary N) is 1. The number of hydrogen-bond acceptors (Lipinski definition) is 4. The van der Waals surface area contributed by atoms with Gasteiger partial charge in [0.1, 0.15) is 11.6 Å². The highest BCUT2D eigenvalue weighted by Gasteiger charge is 2.34. The van der Waals surface area contributed by atoms with Gasteiger partial charge in [0, 0.05) is 25.4 Å². The first-order valence-electron chi connectivity index (χ1n) is 7.31. The quantitative estimate of drug-likeness (QED) is 0.942. The molecule has 1 saturated heterocycles. The zero-order valence-corrected chi connectivity index (χ0v) is 12.7. The Morgan fingerprint density at radius 2 is 2.23 bits per heavy atom. The topological polar surface area (TPSA) is 54.5 Å². The van der Waals surface area contributed by atoms with Crippen molar-refractivity contribution in [3.8, 4) is 5.75 Å². The van der Waals surface area contributed by atoms with Crippen LogP contribution >= 0.6 is 0 Å². The third kappa shape index (κ3) is 2.62. The second kappa shape index (κ2) is 6.05. The predicted octanol–water partition coefficient (Wildman–Crippen LogP) is 2.72. The second-order valence-corrected chi connectivity index (χ2v) is 5.26. The van der Waals surface area contributed by atoms with Gasteiger partial charge in [-0.25, -0.2) is 4.98 Å². The van der Waals surface area contributed by atoms with E-state index in [1.165, 1.54) is 0 Å². The molecule has 1 aromatic heterocycles. The van der Waals surface area contributed by atoms with Gasteiger partial charge in [-0.2, -0.15) is 0 Å². The van der Waals surface area contributed by atoms with Gasteiger partial charge in [-0.3, -0.25) is 4.79 Å². The summed E-state index contributed by atoms with van der Waals surface area (Å²) in [4.78, 5) is 18.7. The lowest BCUT2D eigenvalue weighted by atomic mass is 9.93. The number of carbonyl (C=O) groups excluding carboxylic acids is 1. The third-order valence-corrected chi connectivity index (χ3v) is 4.02. The van der Waals surface area contributed by atoms with E-state index in [1.54, 1.807) is 32.5 Å². The standard InChI is InChI=1S/C17H19N3O2/c1-18-16-11-13(6-8-19-16)17(21)20-9-7-15(20)12-4-3-5-14(10-12)22-2/h3-6,8,10-11,15H,7,9H2,1-2H3,(H,18,19)/t15-/m0/s1. The summed E-state index contributed by atoms with van der Waals surface area (Å²) in [6.45, 7) is 0.776. The lowest BCUT2D eigenvalue weighted by Gasteiger charge is -2.41. The Morgan fingerprint density at radius 3 is 2.91 bits per heavy atom. The Kier molecular flexibility index (Phi) is 3.96. The molecule has 1 fully saturated rings. The van der Waals surface area contributed by atoms with E-state index in [2.05, 4.69) is 10.3 Å². The highest BCUT2D eigenvalue weighted by Crippen LogP contribution is 2.35. The molecule has 0 aliphatic carbocycles. The van der Waals surface area contributed by atoms with Crippen LogP contribution in [0.2, 0.25) is 0 Å².